The van der Waals surface area contributed by atoms with Crippen LogP contribution in [0.15, 0.2) is 30.3 Å². The molecular formula is C22H22FN5. The quantitative estimate of drug-likeness (QED) is 0.720. The van der Waals surface area contributed by atoms with E-state index < -0.39 is 0 Å². The van der Waals surface area contributed by atoms with Crippen LogP contribution in [0.4, 0.5) is 15.9 Å². The highest BCUT2D eigenvalue weighted by atomic mass is 19.1. The third-order valence-electron chi connectivity index (χ3n) is 5.54. The van der Waals surface area contributed by atoms with Crippen LogP contribution in [0.2, 0.25) is 0 Å². The Bertz CT molecular complexity index is 1100. The van der Waals surface area contributed by atoms with Crippen molar-refractivity contribution in [1.82, 2.24) is 10.2 Å². The zero-order valence-corrected chi connectivity index (χ0v) is 16.3. The lowest BCUT2D eigenvalue weighted by Crippen LogP contribution is -2.37. The molecule has 3 aromatic rings. The van der Waals surface area contributed by atoms with E-state index in [4.69, 9.17) is 0 Å². The Labute approximate surface area is 163 Å². The van der Waals surface area contributed by atoms with Crippen molar-refractivity contribution in [2.75, 3.05) is 23.3 Å². The number of hydrogen-bond donors (Lipinski definition) is 1. The van der Waals surface area contributed by atoms with Crippen LogP contribution in [0.1, 0.15) is 41.8 Å². The van der Waals surface area contributed by atoms with Gasteiger partial charge >= 0.3 is 0 Å². The lowest BCUT2D eigenvalue weighted by Gasteiger charge is -2.33. The minimum Gasteiger partial charge on any atom is -0.369 e. The summed E-state index contributed by atoms with van der Waals surface area (Å²) >= 11 is 0. The molecule has 1 fully saturated rings. The largest absolute Gasteiger partial charge is 0.369 e. The van der Waals surface area contributed by atoms with Crippen molar-refractivity contribution < 1.29 is 4.39 Å². The number of halogens is 1. The number of nitrogens with zero attached hydrogens (tertiary/aromatic N) is 4. The molecule has 1 aromatic heterocycles. The number of aromatic nitrogens is 2. The van der Waals surface area contributed by atoms with Gasteiger partial charge in [-0.25, -0.2) is 4.39 Å². The van der Waals surface area contributed by atoms with Gasteiger partial charge in [-0.2, -0.15) is 10.4 Å². The first-order valence-electron chi connectivity index (χ1n) is 9.47. The minimum absolute atomic E-state index is 0.0778. The number of rotatable bonds is 4. The van der Waals surface area contributed by atoms with E-state index in [9.17, 15) is 9.65 Å². The molecule has 5 nitrogen and oxygen atoms in total. The zero-order chi connectivity index (χ0) is 19.8. The summed E-state index contributed by atoms with van der Waals surface area (Å²) in [6.07, 6.45) is 1.09. The van der Waals surface area contributed by atoms with E-state index in [1.807, 2.05) is 49.9 Å². The Morgan fingerprint density at radius 2 is 1.96 bits per heavy atom. The highest BCUT2D eigenvalue weighted by Crippen LogP contribution is 2.34. The van der Waals surface area contributed by atoms with Gasteiger partial charge in [-0.05, 0) is 56.5 Å². The van der Waals surface area contributed by atoms with Gasteiger partial charge in [0.15, 0.2) is 5.82 Å². The van der Waals surface area contributed by atoms with Gasteiger partial charge in [-0.1, -0.05) is 12.1 Å². The van der Waals surface area contributed by atoms with Crippen molar-refractivity contribution in [2.24, 2.45) is 0 Å². The van der Waals surface area contributed by atoms with Gasteiger partial charge in [0.2, 0.25) is 0 Å². The first-order chi connectivity index (χ1) is 13.5. The van der Waals surface area contributed by atoms with Crippen LogP contribution in [0.25, 0.3) is 10.8 Å². The highest BCUT2D eigenvalue weighted by molar-refractivity contribution is 5.95. The van der Waals surface area contributed by atoms with Crippen molar-refractivity contribution in [1.29, 1.82) is 5.26 Å². The monoisotopic (exact) mass is 375 g/mol. The van der Waals surface area contributed by atoms with E-state index in [-0.39, 0.29) is 11.9 Å². The van der Waals surface area contributed by atoms with E-state index in [1.165, 1.54) is 0 Å². The standard InChI is InChI=1S/C22H22FN5/c1-13-16(12-24)6-4-7-17(13)14(2)25-22-19-11-21(28-8-5-9-28)20(23)10-18(19)15(3)26-27-22/h4,6-7,10-11,14H,5,8-9H2,1-3H3,(H,25,27)/t14-/m1/s1. The van der Waals surface area contributed by atoms with Gasteiger partial charge in [0.1, 0.15) is 5.82 Å². The van der Waals surface area contributed by atoms with Crippen molar-refractivity contribution in [3.8, 4) is 6.07 Å². The third-order valence-corrected chi connectivity index (χ3v) is 5.54. The second kappa shape index (κ2) is 7.08. The van der Waals surface area contributed by atoms with Crippen LogP contribution < -0.4 is 10.2 Å². The van der Waals surface area contributed by atoms with Crippen molar-refractivity contribution in [3.63, 3.8) is 0 Å². The predicted octanol–water partition coefficient (Wildman–Crippen LogP) is 4.64. The molecule has 1 saturated heterocycles. The number of hydrogen-bond acceptors (Lipinski definition) is 5. The Morgan fingerprint density at radius 1 is 1.18 bits per heavy atom. The summed E-state index contributed by atoms with van der Waals surface area (Å²) in [4.78, 5) is 2.04. The number of aryl methyl sites for hydroxylation is 1. The van der Waals surface area contributed by atoms with Crippen LogP contribution >= 0.6 is 0 Å². The average molecular weight is 375 g/mol. The SMILES string of the molecule is Cc1c(C#N)cccc1[C@@H](C)Nc1nnc(C)c2cc(F)c(N3CCC3)cc12. The molecule has 0 radical (unpaired) electrons. The predicted molar refractivity (Wildman–Crippen MR) is 109 cm³/mol. The van der Waals surface area contributed by atoms with Crippen LogP contribution in [0.5, 0.6) is 0 Å². The molecule has 6 heteroatoms. The van der Waals surface area contributed by atoms with E-state index in [0.29, 0.717) is 22.8 Å². The maximum absolute atomic E-state index is 14.6. The maximum atomic E-state index is 14.6. The number of benzene rings is 2. The molecule has 0 aliphatic carbocycles. The van der Waals surface area contributed by atoms with E-state index >= 15 is 0 Å². The molecule has 2 aromatic carbocycles. The number of nitriles is 1. The summed E-state index contributed by atoms with van der Waals surface area (Å²) in [5.74, 6) is 0.400. The van der Waals surface area contributed by atoms with Gasteiger partial charge < -0.3 is 10.2 Å². The number of anilines is 2. The molecular weight excluding hydrogens is 353 g/mol. The molecule has 0 unspecified atom stereocenters. The third kappa shape index (κ3) is 3.03. The summed E-state index contributed by atoms with van der Waals surface area (Å²) in [6, 6.07) is 11.3. The van der Waals surface area contributed by atoms with Crippen LogP contribution in [0, 0.1) is 31.0 Å². The molecule has 4 rings (SSSR count). The number of fused-ring (bicyclic) bond motifs is 1. The normalized spacial score (nSPS) is 14.5. The Kier molecular flexibility index (Phi) is 4.60. The van der Waals surface area contributed by atoms with Crippen molar-refractivity contribution >= 4 is 22.3 Å². The molecule has 1 aliphatic rings. The van der Waals surface area contributed by atoms with Gasteiger partial charge in [0, 0.05) is 23.9 Å². The minimum atomic E-state index is -0.222. The fraction of sp³-hybridized carbons (Fsp3) is 0.318. The zero-order valence-electron chi connectivity index (χ0n) is 16.3. The van der Waals surface area contributed by atoms with Gasteiger partial charge in [-0.15, -0.1) is 5.10 Å². The van der Waals surface area contributed by atoms with Gasteiger partial charge in [0.05, 0.1) is 29.1 Å². The fourth-order valence-electron chi connectivity index (χ4n) is 3.72. The summed E-state index contributed by atoms with van der Waals surface area (Å²) in [6.45, 7) is 7.56. The Balaban J connectivity index is 1.76. The Hall–Kier alpha value is -3.20. The molecule has 28 heavy (non-hydrogen) atoms. The summed E-state index contributed by atoms with van der Waals surface area (Å²) in [5, 5.41) is 22.9. The first-order valence-corrected chi connectivity index (χ1v) is 9.47. The first kappa shape index (κ1) is 18.2. The van der Waals surface area contributed by atoms with Crippen LogP contribution in [-0.2, 0) is 0 Å². The lowest BCUT2D eigenvalue weighted by molar-refractivity contribution is 0.574. The van der Waals surface area contributed by atoms with E-state index in [0.717, 1.165) is 41.4 Å². The van der Waals surface area contributed by atoms with Crippen LogP contribution in [0.3, 0.4) is 0 Å². The topological polar surface area (TPSA) is 64.8 Å². The smallest absolute Gasteiger partial charge is 0.157 e. The summed E-state index contributed by atoms with van der Waals surface area (Å²) in [7, 11) is 0. The second-order valence-corrected chi connectivity index (χ2v) is 7.32. The fourth-order valence-corrected chi connectivity index (χ4v) is 3.72. The molecule has 0 bridgehead atoms. The molecule has 1 aliphatic heterocycles. The second-order valence-electron chi connectivity index (χ2n) is 7.32. The van der Waals surface area contributed by atoms with Crippen LogP contribution in [-0.4, -0.2) is 23.3 Å². The molecule has 2 heterocycles. The number of nitrogens with one attached hydrogen (secondary N) is 1. The average Bonchev–Trinajstić information content (AvgIpc) is 2.64. The maximum Gasteiger partial charge on any atom is 0.157 e. The van der Waals surface area contributed by atoms with Crippen molar-refractivity contribution in [2.45, 2.75) is 33.2 Å². The lowest BCUT2D eigenvalue weighted by atomic mass is 9.98. The summed E-state index contributed by atoms with van der Waals surface area (Å²) < 4.78 is 14.6. The van der Waals surface area contributed by atoms with E-state index in [1.54, 1.807) is 6.07 Å². The molecule has 0 amide bonds. The van der Waals surface area contributed by atoms with E-state index in [2.05, 4.69) is 21.6 Å². The molecule has 1 atom stereocenters. The molecule has 142 valence electrons. The molecule has 0 saturated carbocycles. The Morgan fingerprint density at radius 3 is 2.64 bits per heavy atom. The highest BCUT2D eigenvalue weighted by Gasteiger charge is 2.21. The molecule has 1 N–H and O–H groups in total. The van der Waals surface area contributed by atoms with Gasteiger partial charge in [0.25, 0.3) is 0 Å². The van der Waals surface area contributed by atoms with Gasteiger partial charge in [-0.3, -0.25) is 0 Å². The molecule has 0 spiro atoms. The van der Waals surface area contributed by atoms with Crippen molar-refractivity contribution in [3.05, 3.63) is 58.5 Å². The summed E-state index contributed by atoms with van der Waals surface area (Å²) in [5.41, 5.74) is 3.95.